The largest absolute Gasteiger partial charge is 0.383 e. The molecule has 1 rings (SSSR count). The summed E-state index contributed by atoms with van der Waals surface area (Å²) < 4.78 is 4.98. The molecule has 3 heteroatoms. The van der Waals surface area contributed by atoms with Crippen LogP contribution >= 0.6 is 0 Å². The molecule has 1 aromatic rings. The Kier molecular flexibility index (Phi) is 5.16. The Labute approximate surface area is 103 Å². The predicted molar refractivity (Wildman–Crippen MR) is 69.3 cm³/mol. The SMILES string of the molecule is COCC(C)NC(=O)c1ccc(C(C)C)cc1. The predicted octanol–water partition coefficient (Wildman–Crippen LogP) is 2.57. The molecule has 0 aromatic heterocycles. The van der Waals surface area contributed by atoms with E-state index in [2.05, 4.69) is 19.2 Å². The van der Waals surface area contributed by atoms with Crippen molar-refractivity contribution in [2.45, 2.75) is 32.7 Å². The third kappa shape index (κ3) is 4.19. The van der Waals surface area contributed by atoms with E-state index >= 15 is 0 Å². The van der Waals surface area contributed by atoms with Crippen molar-refractivity contribution in [2.75, 3.05) is 13.7 Å². The third-order valence-electron chi connectivity index (χ3n) is 2.63. The monoisotopic (exact) mass is 235 g/mol. The Morgan fingerprint density at radius 1 is 1.24 bits per heavy atom. The van der Waals surface area contributed by atoms with Gasteiger partial charge >= 0.3 is 0 Å². The Hall–Kier alpha value is -1.35. The molecule has 0 aliphatic rings. The minimum atomic E-state index is -0.0511. The summed E-state index contributed by atoms with van der Waals surface area (Å²) in [6, 6.07) is 7.76. The summed E-state index contributed by atoms with van der Waals surface area (Å²) in [5, 5.41) is 2.88. The van der Waals surface area contributed by atoms with Gasteiger partial charge < -0.3 is 10.1 Å². The van der Waals surface area contributed by atoms with Crippen LogP contribution in [0.2, 0.25) is 0 Å². The van der Waals surface area contributed by atoms with Crippen LogP contribution in [0.1, 0.15) is 42.6 Å². The number of hydrogen-bond acceptors (Lipinski definition) is 2. The van der Waals surface area contributed by atoms with Crippen molar-refractivity contribution in [2.24, 2.45) is 0 Å². The zero-order valence-electron chi connectivity index (χ0n) is 11.0. The van der Waals surface area contributed by atoms with Crippen molar-refractivity contribution in [3.05, 3.63) is 35.4 Å². The molecule has 17 heavy (non-hydrogen) atoms. The molecule has 1 aromatic carbocycles. The fourth-order valence-corrected chi connectivity index (χ4v) is 1.62. The first-order chi connectivity index (χ1) is 8.04. The van der Waals surface area contributed by atoms with E-state index < -0.39 is 0 Å². The number of ether oxygens (including phenoxy) is 1. The standard InChI is InChI=1S/C14H21NO2/c1-10(2)12-5-7-13(8-6-12)14(16)15-11(3)9-17-4/h5-8,10-11H,9H2,1-4H3,(H,15,16). The normalized spacial score (nSPS) is 12.5. The molecule has 0 spiro atoms. The second-order valence-corrected chi connectivity index (χ2v) is 4.61. The fourth-order valence-electron chi connectivity index (χ4n) is 1.62. The van der Waals surface area contributed by atoms with E-state index in [-0.39, 0.29) is 11.9 Å². The van der Waals surface area contributed by atoms with E-state index in [1.807, 2.05) is 31.2 Å². The van der Waals surface area contributed by atoms with E-state index in [0.29, 0.717) is 18.1 Å². The first-order valence-electron chi connectivity index (χ1n) is 5.94. The third-order valence-corrected chi connectivity index (χ3v) is 2.63. The van der Waals surface area contributed by atoms with Gasteiger partial charge in [-0.15, -0.1) is 0 Å². The molecule has 0 aliphatic carbocycles. The molecule has 0 heterocycles. The maximum Gasteiger partial charge on any atom is 0.251 e. The van der Waals surface area contributed by atoms with E-state index in [0.717, 1.165) is 0 Å². The lowest BCUT2D eigenvalue weighted by Gasteiger charge is -2.13. The summed E-state index contributed by atoms with van der Waals surface area (Å²) in [6.07, 6.45) is 0. The maximum absolute atomic E-state index is 11.8. The van der Waals surface area contributed by atoms with Gasteiger partial charge in [-0.05, 0) is 30.5 Å². The molecule has 0 fully saturated rings. The van der Waals surface area contributed by atoms with Gasteiger partial charge in [0.2, 0.25) is 0 Å². The van der Waals surface area contributed by atoms with Crippen molar-refractivity contribution in [1.29, 1.82) is 0 Å². The molecule has 94 valence electrons. The smallest absolute Gasteiger partial charge is 0.251 e. The average Bonchev–Trinajstić information content (AvgIpc) is 2.29. The highest BCUT2D eigenvalue weighted by Crippen LogP contribution is 2.14. The minimum absolute atomic E-state index is 0.0253. The van der Waals surface area contributed by atoms with Gasteiger partial charge in [-0.25, -0.2) is 0 Å². The zero-order valence-corrected chi connectivity index (χ0v) is 11.0. The van der Waals surface area contributed by atoms with Gasteiger partial charge in [-0.3, -0.25) is 4.79 Å². The topological polar surface area (TPSA) is 38.3 Å². The van der Waals surface area contributed by atoms with Gasteiger partial charge in [-0.1, -0.05) is 26.0 Å². The van der Waals surface area contributed by atoms with Crippen molar-refractivity contribution >= 4 is 5.91 Å². The number of methoxy groups -OCH3 is 1. The number of rotatable bonds is 5. The second-order valence-electron chi connectivity index (χ2n) is 4.61. The van der Waals surface area contributed by atoms with Gasteiger partial charge in [-0.2, -0.15) is 0 Å². The van der Waals surface area contributed by atoms with Gasteiger partial charge in [0.25, 0.3) is 5.91 Å². The Balaban J connectivity index is 2.63. The molecular weight excluding hydrogens is 214 g/mol. The summed E-state index contributed by atoms with van der Waals surface area (Å²) in [5.41, 5.74) is 1.93. The van der Waals surface area contributed by atoms with Crippen LogP contribution < -0.4 is 5.32 Å². The van der Waals surface area contributed by atoms with Crippen molar-refractivity contribution in [3.8, 4) is 0 Å². The minimum Gasteiger partial charge on any atom is -0.383 e. The summed E-state index contributed by atoms with van der Waals surface area (Å²) >= 11 is 0. The molecule has 1 N–H and O–H groups in total. The summed E-state index contributed by atoms with van der Waals surface area (Å²) in [7, 11) is 1.63. The number of benzene rings is 1. The van der Waals surface area contributed by atoms with Crippen molar-refractivity contribution in [3.63, 3.8) is 0 Å². The molecule has 1 unspecified atom stereocenters. The number of carbonyl (C=O) groups excluding carboxylic acids is 1. The first kappa shape index (κ1) is 13.7. The highest BCUT2D eigenvalue weighted by Gasteiger charge is 2.09. The van der Waals surface area contributed by atoms with E-state index in [9.17, 15) is 4.79 Å². The average molecular weight is 235 g/mol. The number of nitrogens with one attached hydrogen (secondary N) is 1. The number of amides is 1. The molecule has 1 amide bonds. The van der Waals surface area contributed by atoms with Crippen LogP contribution in [0.4, 0.5) is 0 Å². The molecular formula is C14H21NO2. The summed E-state index contributed by atoms with van der Waals surface area (Å²) in [5.74, 6) is 0.435. The second kappa shape index (κ2) is 6.40. The Morgan fingerprint density at radius 3 is 2.29 bits per heavy atom. The highest BCUT2D eigenvalue weighted by molar-refractivity contribution is 5.94. The van der Waals surface area contributed by atoms with Crippen LogP contribution in [0.3, 0.4) is 0 Å². The van der Waals surface area contributed by atoms with Crippen LogP contribution in [0.25, 0.3) is 0 Å². The Morgan fingerprint density at radius 2 is 1.82 bits per heavy atom. The molecule has 1 atom stereocenters. The van der Waals surface area contributed by atoms with E-state index in [4.69, 9.17) is 4.74 Å². The molecule has 0 radical (unpaired) electrons. The lowest BCUT2D eigenvalue weighted by Crippen LogP contribution is -2.35. The van der Waals surface area contributed by atoms with Crippen molar-refractivity contribution < 1.29 is 9.53 Å². The van der Waals surface area contributed by atoms with Gasteiger partial charge in [0.15, 0.2) is 0 Å². The first-order valence-corrected chi connectivity index (χ1v) is 5.94. The van der Waals surface area contributed by atoms with Gasteiger partial charge in [0, 0.05) is 18.7 Å². The lowest BCUT2D eigenvalue weighted by atomic mass is 10.0. The summed E-state index contributed by atoms with van der Waals surface area (Å²) in [6.45, 7) is 6.71. The lowest BCUT2D eigenvalue weighted by molar-refractivity contribution is 0.0905. The molecule has 0 bridgehead atoms. The van der Waals surface area contributed by atoms with Crippen LogP contribution in [-0.4, -0.2) is 25.7 Å². The van der Waals surface area contributed by atoms with Crippen LogP contribution in [0.15, 0.2) is 24.3 Å². The van der Waals surface area contributed by atoms with E-state index in [1.165, 1.54) is 5.56 Å². The van der Waals surface area contributed by atoms with Crippen LogP contribution in [0, 0.1) is 0 Å². The van der Waals surface area contributed by atoms with Crippen LogP contribution in [-0.2, 0) is 4.74 Å². The zero-order chi connectivity index (χ0) is 12.8. The number of carbonyl (C=O) groups is 1. The maximum atomic E-state index is 11.8. The van der Waals surface area contributed by atoms with Gasteiger partial charge in [0.05, 0.1) is 6.61 Å². The highest BCUT2D eigenvalue weighted by atomic mass is 16.5. The van der Waals surface area contributed by atoms with Crippen LogP contribution in [0.5, 0.6) is 0 Å². The Bertz CT molecular complexity index is 357. The van der Waals surface area contributed by atoms with Gasteiger partial charge in [0.1, 0.15) is 0 Å². The fraction of sp³-hybridized carbons (Fsp3) is 0.500. The summed E-state index contributed by atoms with van der Waals surface area (Å²) in [4.78, 5) is 11.8. The van der Waals surface area contributed by atoms with Crippen molar-refractivity contribution in [1.82, 2.24) is 5.32 Å². The molecule has 0 saturated heterocycles. The molecule has 0 saturated carbocycles. The van der Waals surface area contributed by atoms with E-state index in [1.54, 1.807) is 7.11 Å². The number of hydrogen-bond donors (Lipinski definition) is 1. The quantitative estimate of drug-likeness (QED) is 0.851. The molecule has 0 aliphatic heterocycles. The molecule has 3 nitrogen and oxygen atoms in total.